The molecular formula is C11H12F3NO. The number of hydrogen-bond acceptors (Lipinski definition) is 2. The topological polar surface area (TPSA) is 21.6 Å². The van der Waals surface area contributed by atoms with Gasteiger partial charge < -0.3 is 4.84 Å². The summed E-state index contributed by atoms with van der Waals surface area (Å²) in [5, 5.41) is 3.74. The van der Waals surface area contributed by atoms with Gasteiger partial charge >= 0.3 is 6.18 Å². The maximum Gasteiger partial charge on any atom is 0.416 e. The molecule has 0 unspecified atom stereocenters. The van der Waals surface area contributed by atoms with E-state index >= 15 is 0 Å². The monoisotopic (exact) mass is 231 g/mol. The summed E-state index contributed by atoms with van der Waals surface area (Å²) < 4.78 is 36.9. The van der Waals surface area contributed by atoms with E-state index in [2.05, 4.69) is 9.99 Å². The van der Waals surface area contributed by atoms with Gasteiger partial charge in [-0.3, -0.25) is 0 Å². The summed E-state index contributed by atoms with van der Waals surface area (Å²) in [4.78, 5) is 4.61. The molecule has 0 radical (unpaired) electrons. The summed E-state index contributed by atoms with van der Waals surface area (Å²) in [7, 11) is 1.40. The second-order valence-corrected chi connectivity index (χ2v) is 3.15. The van der Waals surface area contributed by atoms with Crippen molar-refractivity contribution in [3.8, 4) is 0 Å². The Morgan fingerprint density at radius 3 is 2.19 bits per heavy atom. The molecule has 1 aromatic rings. The van der Waals surface area contributed by atoms with E-state index in [-0.39, 0.29) is 0 Å². The molecule has 0 bridgehead atoms. The number of nitrogens with zero attached hydrogens (tertiary/aromatic N) is 1. The van der Waals surface area contributed by atoms with Gasteiger partial charge in [0.05, 0.1) is 11.3 Å². The molecule has 16 heavy (non-hydrogen) atoms. The van der Waals surface area contributed by atoms with Gasteiger partial charge in [0, 0.05) is 0 Å². The summed E-state index contributed by atoms with van der Waals surface area (Å²) in [5.41, 5.74) is 0.595. The van der Waals surface area contributed by atoms with Crippen LogP contribution in [0.5, 0.6) is 0 Å². The van der Waals surface area contributed by atoms with Crippen molar-refractivity contribution in [2.24, 2.45) is 5.16 Å². The highest BCUT2D eigenvalue weighted by atomic mass is 19.4. The van der Waals surface area contributed by atoms with E-state index in [1.165, 1.54) is 19.2 Å². The maximum atomic E-state index is 12.3. The molecule has 0 aliphatic carbocycles. The van der Waals surface area contributed by atoms with Crippen molar-refractivity contribution < 1.29 is 18.0 Å². The van der Waals surface area contributed by atoms with E-state index in [1.807, 2.05) is 6.92 Å². The molecule has 0 amide bonds. The van der Waals surface area contributed by atoms with Gasteiger partial charge in [-0.25, -0.2) is 0 Å². The van der Waals surface area contributed by atoms with Crippen molar-refractivity contribution >= 4 is 5.71 Å². The lowest BCUT2D eigenvalue weighted by Gasteiger charge is -2.08. The highest BCUT2D eigenvalue weighted by molar-refractivity contribution is 6.00. The van der Waals surface area contributed by atoms with E-state index < -0.39 is 11.7 Å². The molecule has 0 heterocycles. The van der Waals surface area contributed by atoms with E-state index in [9.17, 15) is 13.2 Å². The van der Waals surface area contributed by atoms with Crippen LogP contribution in [0.1, 0.15) is 24.5 Å². The zero-order valence-electron chi connectivity index (χ0n) is 9.01. The highest BCUT2D eigenvalue weighted by Gasteiger charge is 2.30. The van der Waals surface area contributed by atoms with Crippen LogP contribution in [0, 0.1) is 0 Å². The van der Waals surface area contributed by atoms with Crippen LogP contribution in [0.25, 0.3) is 0 Å². The molecule has 0 aromatic heterocycles. The summed E-state index contributed by atoms with van der Waals surface area (Å²) in [5.74, 6) is 0. The van der Waals surface area contributed by atoms with Crippen molar-refractivity contribution in [3.63, 3.8) is 0 Å². The summed E-state index contributed by atoms with van der Waals surface area (Å²) in [6.45, 7) is 1.86. The predicted octanol–water partition coefficient (Wildman–Crippen LogP) is 3.47. The number of hydrogen-bond donors (Lipinski definition) is 0. The fraction of sp³-hybridized carbons (Fsp3) is 0.364. The minimum atomic E-state index is -4.30. The smallest absolute Gasteiger partial charge is 0.399 e. The lowest BCUT2D eigenvalue weighted by molar-refractivity contribution is -0.137. The van der Waals surface area contributed by atoms with Crippen molar-refractivity contribution in [1.82, 2.24) is 0 Å². The zero-order chi connectivity index (χ0) is 12.2. The summed E-state index contributed by atoms with van der Waals surface area (Å²) in [6, 6.07) is 4.86. The van der Waals surface area contributed by atoms with Crippen LogP contribution in [0.3, 0.4) is 0 Å². The summed E-state index contributed by atoms with van der Waals surface area (Å²) in [6.07, 6.45) is -3.71. The van der Waals surface area contributed by atoms with Crippen LogP contribution in [0.4, 0.5) is 13.2 Å². The van der Waals surface area contributed by atoms with Crippen LogP contribution in [-0.4, -0.2) is 12.8 Å². The minimum absolute atomic E-state index is 0.596. The van der Waals surface area contributed by atoms with Crippen LogP contribution in [0.2, 0.25) is 0 Å². The molecule has 0 aliphatic rings. The Morgan fingerprint density at radius 2 is 1.81 bits per heavy atom. The Balaban J connectivity index is 2.99. The molecule has 0 fully saturated rings. The fourth-order valence-corrected chi connectivity index (χ4v) is 1.28. The molecule has 1 aromatic carbocycles. The van der Waals surface area contributed by atoms with Gasteiger partial charge in [0.15, 0.2) is 0 Å². The van der Waals surface area contributed by atoms with Gasteiger partial charge in [-0.05, 0) is 24.1 Å². The van der Waals surface area contributed by atoms with Gasteiger partial charge in [-0.2, -0.15) is 13.2 Å². The van der Waals surface area contributed by atoms with Crippen molar-refractivity contribution in [2.75, 3.05) is 7.11 Å². The van der Waals surface area contributed by atoms with Crippen LogP contribution >= 0.6 is 0 Å². The first-order chi connectivity index (χ1) is 7.49. The lowest BCUT2D eigenvalue weighted by atomic mass is 10.1. The first-order valence-corrected chi connectivity index (χ1v) is 4.76. The molecule has 0 spiro atoms. The molecule has 0 saturated heterocycles. The van der Waals surface area contributed by atoms with Crippen LogP contribution in [-0.2, 0) is 11.0 Å². The predicted molar refractivity (Wildman–Crippen MR) is 55.3 cm³/mol. The van der Waals surface area contributed by atoms with Crippen LogP contribution < -0.4 is 0 Å². The number of rotatable bonds is 3. The largest absolute Gasteiger partial charge is 0.416 e. The standard InChI is InChI=1S/C11H12F3NO/c1-3-10(15-16-2)8-4-6-9(7-5-8)11(12,13)14/h4-7H,3H2,1-2H3/b15-10+. The Kier molecular flexibility index (Phi) is 3.93. The normalized spacial score (nSPS) is 12.7. The average molecular weight is 231 g/mol. The van der Waals surface area contributed by atoms with Gasteiger partial charge in [0.25, 0.3) is 0 Å². The number of benzene rings is 1. The number of alkyl halides is 3. The maximum absolute atomic E-state index is 12.3. The van der Waals surface area contributed by atoms with Gasteiger partial charge in [-0.1, -0.05) is 24.2 Å². The molecule has 0 aliphatic heterocycles. The van der Waals surface area contributed by atoms with E-state index in [4.69, 9.17) is 0 Å². The average Bonchev–Trinajstić information content (AvgIpc) is 2.25. The molecule has 0 atom stereocenters. The first-order valence-electron chi connectivity index (χ1n) is 4.76. The molecule has 2 nitrogen and oxygen atoms in total. The van der Waals surface area contributed by atoms with Crippen molar-refractivity contribution in [1.29, 1.82) is 0 Å². The Labute approximate surface area is 91.7 Å². The molecular weight excluding hydrogens is 219 g/mol. The van der Waals surface area contributed by atoms with Crippen LogP contribution in [0.15, 0.2) is 29.4 Å². The molecule has 0 saturated carbocycles. The molecule has 0 N–H and O–H groups in total. The van der Waals surface area contributed by atoms with Crippen molar-refractivity contribution in [2.45, 2.75) is 19.5 Å². The van der Waals surface area contributed by atoms with Gasteiger partial charge in [-0.15, -0.1) is 0 Å². The third-order valence-electron chi connectivity index (χ3n) is 2.08. The Bertz CT molecular complexity index is 368. The number of oxime groups is 1. The third-order valence-corrected chi connectivity index (χ3v) is 2.08. The fourth-order valence-electron chi connectivity index (χ4n) is 1.28. The lowest BCUT2D eigenvalue weighted by Crippen LogP contribution is -2.06. The van der Waals surface area contributed by atoms with Gasteiger partial charge in [0.2, 0.25) is 0 Å². The van der Waals surface area contributed by atoms with Gasteiger partial charge in [0.1, 0.15) is 7.11 Å². The van der Waals surface area contributed by atoms with E-state index in [1.54, 1.807) is 0 Å². The number of halogens is 3. The second kappa shape index (κ2) is 5.01. The highest BCUT2D eigenvalue weighted by Crippen LogP contribution is 2.29. The first kappa shape index (κ1) is 12.5. The summed E-state index contributed by atoms with van der Waals surface area (Å²) >= 11 is 0. The molecule has 88 valence electrons. The minimum Gasteiger partial charge on any atom is -0.399 e. The quantitative estimate of drug-likeness (QED) is 0.576. The molecule has 1 rings (SSSR count). The second-order valence-electron chi connectivity index (χ2n) is 3.15. The Morgan fingerprint density at radius 1 is 1.25 bits per heavy atom. The third kappa shape index (κ3) is 2.98. The Hall–Kier alpha value is -1.52. The van der Waals surface area contributed by atoms with E-state index in [0.717, 1.165) is 12.1 Å². The molecule has 5 heteroatoms. The van der Waals surface area contributed by atoms with Crippen molar-refractivity contribution in [3.05, 3.63) is 35.4 Å². The van der Waals surface area contributed by atoms with E-state index in [0.29, 0.717) is 17.7 Å². The SMILES string of the molecule is CC/C(=N\OC)c1ccc(C(F)(F)F)cc1. The zero-order valence-corrected chi connectivity index (χ0v) is 9.01.